The molecule has 68 valence electrons. The minimum atomic E-state index is 0. The molecule has 2 heterocycles. The number of aromatic amines is 1. The third-order valence-electron chi connectivity index (χ3n) is 2.04. The molecule has 1 aliphatic rings. The van der Waals surface area contributed by atoms with Gasteiger partial charge in [0.1, 0.15) is 0 Å². The zero-order chi connectivity index (χ0) is 7.52. The molecule has 0 radical (unpaired) electrons. The van der Waals surface area contributed by atoms with Gasteiger partial charge in [0, 0.05) is 31.5 Å². The summed E-state index contributed by atoms with van der Waals surface area (Å²) >= 11 is 0. The topological polar surface area (TPSA) is 39.9 Å². The molecule has 3 N–H and O–H groups in total. The van der Waals surface area contributed by atoms with Crippen molar-refractivity contribution in [2.24, 2.45) is 0 Å². The monoisotopic (exact) mass is 187 g/mol. The fourth-order valence-electron chi connectivity index (χ4n) is 1.43. The number of H-pyrrole nitrogens is 1. The van der Waals surface area contributed by atoms with Crippen LogP contribution in [0.25, 0.3) is 0 Å². The van der Waals surface area contributed by atoms with Gasteiger partial charge in [0.2, 0.25) is 0 Å². The van der Waals surface area contributed by atoms with Crippen molar-refractivity contribution in [3.63, 3.8) is 0 Å². The van der Waals surface area contributed by atoms with E-state index in [9.17, 15) is 0 Å². The molecule has 0 aliphatic carbocycles. The summed E-state index contributed by atoms with van der Waals surface area (Å²) in [4.78, 5) is 3.20. The number of nitrogens with one attached hydrogen (secondary N) is 3. The maximum Gasteiger partial charge on any atom is 0.0599 e. The van der Waals surface area contributed by atoms with Gasteiger partial charge in [0.25, 0.3) is 0 Å². The molecule has 0 saturated carbocycles. The largest absolute Gasteiger partial charge is 0.364 e. The van der Waals surface area contributed by atoms with Crippen molar-refractivity contribution in [1.29, 1.82) is 0 Å². The Labute approximate surface area is 78.3 Å². The van der Waals surface area contributed by atoms with Gasteiger partial charge in [0.05, 0.1) is 6.04 Å². The van der Waals surface area contributed by atoms with Gasteiger partial charge >= 0.3 is 0 Å². The van der Waals surface area contributed by atoms with Gasteiger partial charge < -0.3 is 15.6 Å². The van der Waals surface area contributed by atoms with Gasteiger partial charge in [-0.3, -0.25) is 0 Å². The summed E-state index contributed by atoms with van der Waals surface area (Å²) in [7, 11) is 0. The molecular formula is C8H14ClN3. The van der Waals surface area contributed by atoms with Crippen molar-refractivity contribution >= 4 is 12.4 Å². The van der Waals surface area contributed by atoms with Crippen molar-refractivity contribution in [2.45, 2.75) is 6.04 Å². The summed E-state index contributed by atoms with van der Waals surface area (Å²) < 4.78 is 0. The molecule has 1 aromatic heterocycles. The third-order valence-corrected chi connectivity index (χ3v) is 2.04. The fraction of sp³-hybridized carbons (Fsp3) is 0.500. The average molecular weight is 188 g/mol. The Hall–Kier alpha value is -0.510. The highest BCUT2D eigenvalue weighted by atomic mass is 35.5. The number of aromatic nitrogens is 1. The first-order valence-electron chi connectivity index (χ1n) is 4.04. The molecule has 1 aliphatic heterocycles. The predicted octanol–water partition coefficient (Wildman–Crippen LogP) is 0.670. The minimum absolute atomic E-state index is 0. The number of piperazine rings is 1. The Morgan fingerprint density at radius 3 is 2.83 bits per heavy atom. The molecular weight excluding hydrogens is 174 g/mol. The van der Waals surface area contributed by atoms with Crippen LogP contribution in [0.1, 0.15) is 11.7 Å². The van der Waals surface area contributed by atoms with Crippen LogP contribution in [-0.2, 0) is 0 Å². The van der Waals surface area contributed by atoms with Crippen LogP contribution in [0.5, 0.6) is 0 Å². The van der Waals surface area contributed by atoms with E-state index in [2.05, 4.69) is 21.7 Å². The molecule has 4 heteroatoms. The van der Waals surface area contributed by atoms with Crippen molar-refractivity contribution in [1.82, 2.24) is 15.6 Å². The maximum atomic E-state index is 3.43. The first-order chi connectivity index (χ1) is 5.47. The Bertz CT molecular complexity index is 204. The van der Waals surface area contributed by atoms with E-state index in [1.807, 2.05) is 12.3 Å². The number of rotatable bonds is 1. The normalized spacial score (nSPS) is 23.2. The van der Waals surface area contributed by atoms with Crippen LogP contribution in [0.3, 0.4) is 0 Å². The quantitative estimate of drug-likeness (QED) is 0.605. The van der Waals surface area contributed by atoms with Crippen LogP contribution in [0, 0.1) is 0 Å². The molecule has 1 aromatic rings. The van der Waals surface area contributed by atoms with E-state index >= 15 is 0 Å². The van der Waals surface area contributed by atoms with Crippen LogP contribution >= 0.6 is 12.4 Å². The van der Waals surface area contributed by atoms with E-state index in [4.69, 9.17) is 0 Å². The average Bonchev–Trinajstić information content (AvgIpc) is 2.58. The van der Waals surface area contributed by atoms with Gasteiger partial charge in [0.15, 0.2) is 0 Å². The van der Waals surface area contributed by atoms with E-state index in [1.165, 1.54) is 5.69 Å². The van der Waals surface area contributed by atoms with Crippen LogP contribution in [0.4, 0.5) is 0 Å². The Kier molecular flexibility index (Phi) is 3.59. The zero-order valence-corrected chi connectivity index (χ0v) is 7.66. The SMILES string of the molecule is Cl.c1c[nH]c([C@@H]2CNCCN2)c1. The van der Waals surface area contributed by atoms with Gasteiger partial charge in [-0.2, -0.15) is 0 Å². The number of hydrogen-bond donors (Lipinski definition) is 3. The van der Waals surface area contributed by atoms with Gasteiger partial charge in [-0.25, -0.2) is 0 Å². The first kappa shape index (κ1) is 9.58. The van der Waals surface area contributed by atoms with Crippen molar-refractivity contribution in [2.75, 3.05) is 19.6 Å². The minimum Gasteiger partial charge on any atom is -0.364 e. The molecule has 1 saturated heterocycles. The van der Waals surface area contributed by atoms with Gasteiger partial charge in [-0.05, 0) is 12.1 Å². The molecule has 0 amide bonds. The third kappa shape index (κ3) is 2.00. The smallest absolute Gasteiger partial charge is 0.0599 e. The molecule has 3 nitrogen and oxygen atoms in total. The Morgan fingerprint density at radius 2 is 2.25 bits per heavy atom. The summed E-state index contributed by atoms with van der Waals surface area (Å²) in [6.45, 7) is 3.17. The van der Waals surface area contributed by atoms with Crippen molar-refractivity contribution < 1.29 is 0 Å². The highest BCUT2D eigenvalue weighted by molar-refractivity contribution is 5.85. The lowest BCUT2D eigenvalue weighted by atomic mass is 10.2. The summed E-state index contributed by atoms with van der Waals surface area (Å²) in [6, 6.07) is 4.62. The lowest BCUT2D eigenvalue weighted by Gasteiger charge is -2.23. The summed E-state index contributed by atoms with van der Waals surface area (Å²) in [5, 5.41) is 6.77. The molecule has 0 unspecified atom stereocenters. The second-order valence-electron chi connectivity index (χ2n) is 2.84. The molecule has 0 bridgehead atoms. The first-order valence-corrected chi connectivity index (χ1v) is 4.04. The highest BCUT2D eigenvalue weighted by Crippen LogP contribution is 2.09. The van der Waals surface area contributed by atoms with E-state index in [-0.39, 0.29) is 12.4 Å². The standard InChI is InChI=1S/C8H13N3.ClH/c1-2-7(10-3-1)8-6-9-4-5-11-8;/h1-3,8-11H,4-6H2;1H/t8-;/m0./s1. The summed E-state index contributed by atoms with van der Waals surface area (Å²) in [5.74, 6) is 0. The van der Waals surface area contributed by atoms with Crippen LogP contribution < -0.4 is 10.6 Å². The fourth-order valence-corrected chi connectivity index (χ4v) is 1.43. The van der Waals surface area contributed by atoms with Crippen LogP contribution in [-0.4, -0.2) is 24.6 Å². The van der Waals surface area contributed by atoms with E-state index in [0.717, 1.165) is 19.6 Å². The highest BCUT2D eigenvalue weighted by Gasteiger charge is 2.13. The zero-order valence-electron chi connectivity index (χ0n) is 6.84. The van der Waals surface area contributed by atoms with Crippen molar-refractivity contribution in [3.05, 3.63) is 24.0 Å². The molecule has 0 spiro atoms. The van der Waals surface area contributed by atoms with E-state index in [0.29, 0.717) is 6.04 Å². The number of hydrogen-bond acceptors (Lipinski definition) is 2. The van der Waals surface area contributed by atoms with Gasteiger partial charge in [-0.15, -0.1) is 12.4 Å². The molecule has 1 atom stereocenters. The van der Waals surface area contributed by atoms with Crippen LogP contribution in [0.2, 0.25) is 0 Å². The Morgan fingerprint density at radius 1 is 1.33 bits per heavy atom. The molecule has 1 fully saturated rings. The summed E-state index contributed by atoms with van der Waals surface area (Å²) in [5.41, 5.74) is 1.28. The van der Waals surface area contributed by atoms with Crippen molar-refractivity contribution in [3.8, 4) is 0 Å². The van der Waals surface area contributed by atoms with E-state index in [1.54, 1.807) is 0 Å². The molecule has 12 heavy (non-hydrogen) atoms. The maximum absolute atomic E-state index is 3.43. The lowest BCUT2D eigenvalue weighted by molar-refractivity contribution is 0.424. The predicted molar refractivity (Wildman–Crippen MR) is 51.7 cm³/mol. The van der Waals surface area contributed by atoms with Crippen LogP contribution in [0.15, 0.2) is 18.3 Å². The molecule has 2 rings (SSSR count). The Balaban J connectivity index is 0.000000720. The second-order valence-corrected chi connectivity index (χ2v) is 2.84. The lowest BCUT2D eigenvalue weighted by Crippen LogP contribution is -2.42. The molecule has 0 aromatic carbocycles. The van der Waals surface area contributed by atoms with Gasteiger partial charge in [-0.1, -0.05) is 0 Å². The van der Waals surface area contributed by atoms with E-state index < -0.39 is 0 Å². The second kappa shape index (κ2) is 4.50. The number of halogens is 1. The summed E-state index contributed by atoms with van der Waals surface area (Å²) in [6.07, 6.45) is 1.96.